The topological polar surface area (TPSA) is 158 Å². The largest absolute Gasteiger partial charge is 0.508 e. The third-order valence-electron chi connectivity index (χ3n) is 4.71. The fourth-order valence-electron chi connectivity index (χ4n) is 2.95. The van der Waals surface area contributed by atoms with E-state index in [0.717, 1.165) is 0 Å². The Bertz CT molecular complexity index is 1280. The minimum Gasteiger partial charge on any atom is -0.508 e. The zero-order valence-corrected chi connectivity index (χ0v) is 20.2. The molecule has 0 saturated heterocycles. The summed E-state index contributed by atoms with van der Waals surface area (Å²) < 4.78 is 5.42. The van der Waals surface area contributed by atoms with E-state index < -0.39 is 36.3 Å². The lowest BCUT2D eigenvalue weighted by Gasteiger charge is -2.16. The predicted octanol–water partition coefficient (Wildman–Crippen LogP) is 2.94. The number of aromatic hydroxyl groups is 1. The summed E-state index contributed by atoms with van der Waals surface area (Å²) in [6, 6.07) is 11.8. The van der Waals surface area contributed by atoms with E-state index in [4.69, 9.17) is 16.0 Å². The molecule has 0 bridgehead atoms. The lowest BCUT2D eigenvalue weighted by atomic mass is 10.1. The average Bonchev–Trinajstić information content (AvgIpc) is 3.26. The first-order valence-corrected chi connectivity index (χ1v) is 11.2. The summed E-state index contributed by atoms with van der Waals surface area (Å²) >= 11 is 9.23. The second-order valence-corrected chi connectivity index (χ2v) is 8.41. The van der Waals surface area contributed by atoms with Crippen molar-refractivity contribution < 1.29 is 33.8 Å². The van der Waals surface area contributed by atoms with E-state index in [2.05, 4.69) is 31.9 Å². The molecule has 0 unspecified atom stereocenters. The molecular weight excluding hydrogens is 546 g/mol. The van der Waals surface area contributed by atoms with Crippen LogP contribution in [0.4, 0.5) is 0 Å². The normalized spacial score (nSPS) is 11.4. The van der Waals surface area contributed by atoms with Crippen LogP contribution in [0.25, 0.3) is 0 Å². The van der Waals surface area contributed by atoms with E-state index in [0.29, 0.717) is 10.2 Å². The van der Waals surface area contributed by atoms with Crippen molar-refractivity contribution in [2.75, 3.05) is 6.54 Å². The summed E-state index contributed by atoms with van der Waals surface area (Å²) in [5, 5.41) is 26.2. The fourth-order valence-corrected chi connectivity index (χ4v) is 3.52. The van der Waals surface area contributed by atoms with Gasteiger partial charge in [-0.1, -0.05) is 23.7 Å². The minimum atomic E-state index is -1.45. The molecule has 1 heterocycles. The van der Waals surface area contributed by atoms with Crippen LogP contribution in [-0.2, 0) is 11.3 Å². The lowest BCUT2D eigenvalue weighted by molar-refractivity contribution is -0.139. The molecule has 12 heteroatoms. The zero-order valence-electron chi connectivity index (χ0n) is 17.9. The molecule has 1 atom stereocenters. The Morgan fingerprint density at radius 1 is 0.971 bits per heavy atom. The van der Waals surface area contributed by atoms with E-state index in [-0.39, 0.29) is 34.2 Å². The van der Waals surface area contributed by atoms with Gasteiger partial charge in [0.2, 0.25) is 0 Å². The van der Waals surface area contributed by atoms with E-state index in [1.807, 2.05) is 0 Å². The van der Waals surface area contributed by atoms with Crippen LogP contribution >= 0.6 is 27.5 Å². The molecule has 0 radical (unpaired) electrons. The van der Waals surface area contributed by atoms with Crippen LogP contribution in [0.15, 0.2) is 63.7 Å². The third kappa shape index (κ3) is 7.08. The van der Waals surface area contributed by atoms with E-state index in [9.17, 15) is 29.4 Å². The number of hydrogen-bond acceptors (Lipinski definition) is 6. The summed E-state index contributed by atoms with van der Waals surface area (Å²) in [4.78, 5) is 48.6. The fraction of sp³-hybridized carbons (Fsp3) is 0.130. The van der Waals surface area contributed by atoms with Gasteiger partial charge in [0.15, 0.2) is 10.4 Å². The van der Waals surface area contributed by atoms with Gasteiger partial charge in [-0.15, -0.1) is 0 Å². The van der Waals surface area contributed by atoms with Crippen molar-refractivity contribution in [1.82, 2.24) is 16.0 Å². The number of rotatable bonds is 9. The second-order valence-electron chi connectivity index (χ2n) is 7.23. The molecule has 0 aliphatic heterocycles. The summed E-state index contributed by atoms with van der Waals surface area (Å²) in [7, 11) is 0. The lowest BCUT2D eigenvalue weighted by Crippen LogP contribution is -2.48. The summed E-state index contributed by atoms with van der Waals surface area (Å²) in [5.74, 6) is -3.26. The standard InChI is InChI=1S/C23H19BrClN3O7/c24-19-7-6-18(35-19)22(32)27-11-17(23(33)34)28-21(31)15-5-4-13(9-16(15)25)20(30)26-10-12-2-1-3-14(29)8-12/h1-9,17,29H,10-11H2,(H,26,30)(H,27,32)(H,28,31)(H,33,34)/t17-/m0/s1. The molecule has 35 heavy (non-hydrogen) atoms. The Balaban J connectivity index is 1.60. The molecule has 0 fully saturated rings. The van der Waals surface area contributed by atoms with Gasteiger partial charge in [-0.3, -0.25) is 14.4 Å². The van der Waals surface area contributed by atoms with Gasteiger partial charge in [0.1, 0.15) is 11.8 Å². The Kier molecular flexibility index (Phi) is 8.50. The van der Waals surface area contributed by atoms with Crippen LogP contribution in [0.5, 0.6) is 5.75 Å². The molecule has 0 aliphatic carbocycles. The number of phenols is 1. The maximum Gasteiger partial charge on any atom is 0.328 e. The number of carbonyl (C=O) groups excluding carboxylic acids is 3. The molecule has 10 nitrogen and oxygen atoms in total. The van der Waals surface area contributed by atoms with Gasteiger partial charge >= 0.3 is 5.97 Å². The highest BCUT2D eigenvalue weighted by Crippen LogP contribution is 2.19. The highest BCUT2D eigenvalue weighted by Gasteiger charge is 2.24. The van der Waals surface area contributed by atoms with E-state index in [1.165, 1.54) is 42.5 Å². The first-order valence-electron chi connectivity index (χ1n) is 10.1. The minimum absolute atomic E-state index is 0.0340. The number of aliphatic carboxylic acids is 1. The van der Waals surface area contributed by atoms with Gasteiger partial charge in [-0.2, -0.15) is 0 Å². The van der Waals surface area contributed by atoms with Gasteiger partial charge < -0.3 is 30.6 Å². The summed E-state index contributed by atoms with van der Waals surface area (Å²) in [5.41, 5.74) is 0.814. The molecule has 3 aromatic rings. The van der Waals surface area contributed by atoms with Gasteiger partial charge in [-0.05, 0) is 64.0 Å². The van der Waals surface area contributed by atoms with Crippen molar-refractivity contribution in [2.45, 2.75) is 12.6 Å². The predicted molar refractivity (Wildman–Crippen MR) is 128 cm³/mol. The van der Waals surface area contributed by atoms with E-state index in [1.54, 1.807) is 12.1 Å². The Morgan fingerprint density at radius 2 is 1.74 bits per heavy atom. The maximum atomic E-state index is 12.6. The molecule has 0 aliphatic rings. The third-order valence-corrected chi connectivity index (χ3v) is 5.45. The van der Waals surface area contributed by atoms with Gasteiger partial charge in [0, 0.05) is 18.7 Å². The number of halogens is 2. The number of carboxylic acid groups (broad SMARTS) is 1. The summed E-state index contributed by atoms with van der Waals surface area (Å²) in [6.07, 6.45) is 0. The van der Waals surface area contributed by atoms with Crippen molar-refractivity contribution in [1.29, 1.82) is 0 Å². The number of amides is 3. The van der Waals surface area contributed by atoms with Crippen LogP contribution < -0.4 is 16.0 Å². The summed E-state index contributed by atoms with van der Waals surface area (Å²) in [6.45, 7) is -0.251. The Hall–Kier alpha value is -3.83. The number of carboxylic acids is 1. The number of hydrogen-bond donors (Lipinski definition) is 5. The molecule has 1 aromatic heterocycles. The monoisotopic (exact) mass is 563 g/mol. The highest BCUT2D eigenvalue weighted by molar-refractivity contribution is 9.10. The van der Waals surface area contributed by atoms with Crippen molar-refractivity contribution in [3.05, 3.63) is 86.7 Å². The van der Waals surface area contributed by atoms with Crippen LogP contribution in [-0.4, -0.2) is 46.5 Å². The zero-order chi connectivity index (χ0) is 25.5. The number of phenolic OH excluding ortho intramolecular Hbond substituents is 1. The SMILES string of the molecule is O=C(NCc1cccc(O)c1)c1ccc(C(=O)N[C@@H](CNC(=O)c2ccc(Br)o2)C(=O)O)c(Cl)c1. The molecular formula is C23H19BrClN3O7. The van der Waals surface area contributed by atoms with Crippen molar-refractivity contribution in [3.8, 4) is 5.75 Å². The van der Waals surface area contributed by atoms with Crippen molar-refractivity contribution in [2.24, 2.45) is 0 Å². The number of furan rings is 1. The Morgan fingerprint density at radius 3 is 2.37 bits per heavy atom. The highest BCUT2D eigenvalue weighted by atomic mass is 79.9. The Labute approximate surface area is 212 Å². The first kappa shape index (κ1) is 25.8. The van der Waals surface area contributed by atoms with Crippen LogP contribution in [0, 0.1) is 0 Å². The number of nitrogens with one attached hydrogen (secondary N) is 3. The molecule has 2 aromatic carbocycles. The van der Waals surface area contributed by atoms with Crippen molar-refractivity contribution >= 4 is 51.2 Å². The van der Waals surface area contributed by atoms with Crippen LogP contribution in [0.3, 0.4) is 0 Å². The maximum absolute atomic E-state index is 12.6. The van der Waals surface area contributed by atoms with Gasteiger partial charge in [-0.25, -0.2) is 4.79 Å². The number of benzene rings is 2. The van der Waals surface area contributed by atoms with Crippen LogP contribution in [0.2, 0.25) is 5.02 Å². The quantitative estimate of drug-likeness (QED) is 0.267. The second kappa shape index (κ2) is 11.5. The smallest absolute Gasteiger partial charge is 0.328 e. The molecule has 3 rings (SSSR count). The van der Waals surface area contributed by atoms with Gasteiger partial charge in [0.25, 0.3) is 17.7 Å². The molecule has 0 saturated carbocycles. The number of carbonyl (C=O) groups is 4. The molecule has 0 spiro atoms. The molecule has 3 amide bonds. The molecule has 182 valence electrons. The first-order chi connectivity index (χ1) is 16.6. The van der Waals surface area contributed by atoms with Crippen molar-refractivity contribution in [3.63, 3.8) is 0 Å². The van der Waals surface area contributed by atoms with Crippen LogP contribution in [0.1, 0.15) is 36.8 Å². The average molecular weight is 565 g/mol. The van der Waals surface area contributed by atoms with E-state index >= 15 is 0 Å². The molecule has 5 N–H and O–H groups in total. The van der Waals surface area contributed by atoms with Gasteiger partial charge in [0.05, 0.1) is 10.6 Å².